The summed E-state index contributed by atoms with van der Waals surface area (Å²) in [5.41, 5.74) is 0. The smallest absolute Gasteiger partial charge is 0.153 e. The fourth-order valence-electron chi connectivity index (χ4n) is 1.37. The molecule has 0 aliphatic heterocycles. The SMILES string of the molecule is CCCC/C(=C/C(C)=O)Sc1ccccc1. The zero-order valence-electron chi connectivity index (χ0n) is 9.90. The highest BCUT2D eigenvalue weighted by atomic mass is 32.2. The van der Waals surface area contributed by atoms with E-state index in [0.717, 1.165) is 19.3 Å². The number of rotatable bonds is 6. The van der Waals surface area contributed by atoms with Crippen molar-refractivity contribution in [1.82, 2.24) is 0 Å². The molecule has 0 fully saturated rings. The third kappa shape index (κ3) is 5.17. The van der Waals surface area contributed by atoms with Crippen LogP contribution in [0.5, 0.6) is 0 Å². The number of benzene rings is 1. The summed E-state index contributed by atoms with van der Waals surface area (Å²) in [6, 6.07) is 10.2. The number of carbonyl (C=O) groups excluding carboxylic acids is 1. The van der Waals surface area contributed by atoms with Gasteiger partial charge in [0, 0.05) is 4.90 Å². The lowest BCUT2D eigenvalue weighted by molar-refractivity contribution is -0.112. The summed E-state index contributed by atoms with van der Waals surface area (Å²) < 4.78 is 0. The molecular weight excluding hydrogens is 216 g/mol. The molecule has 0 radical (unpaired) electrons. The van der Waals surface area contributed by atoms with Crippen LogP contribution in [-0.4, -0.2) is 5.78 Å². The summed E-state index contributed by atoms with van der Waals surface area (Å²) in [6.45, 7) is 3.77. The van der Waals surface area contributed by atoms with E-state index in [4.69, 9.17) is 0 Å². The van der Waals surface area contributed by atoms with Gasteiger partial charge < -0.3 is 0 Å². The molecule has 0 aromatic heterocycles. The molecule has 1 nitrogen and oxygen atoms in total. The molecule has 1 rings (SSSR count). The maximum Gasteiger partial charge on any atom is 0.153 e. The second-order valence-electron chi connectivity index (χ2n) is 3.74. The number of ketones is 1. The fourth-order valence-corrected chi connectivity index (χ4v) is 2.44. The van der Waals surface area contributed by atoms with Gasteiger partial charge in [0.1, 0.15) is 0 Å². The van der Waals surface area contributed by atoms with Crippen LogP contribution in [0.3, 0.4) is 0 Å². The Hall–Kier alpha value is -1.02. The number of allylic oxidation sites excluding steroid dienone is 2. The number of carbonyl (C=O) groups is 1. The number of hydrogen-bond acceptors (Lipinski definition) is 2. The molecule has 0 aliphatic rings. The van der Waals surface area contributed by atoms with Crippen LogP contribution in [-0.2, 0) is 4.79 Å². The molecule has 0 bridgehead atoms. The number of unbranched alkanes of at least 4 members (excludes halogenated alkanes) is 1. The number of hydrogen-bond donors (Lipinski definition) is 0. The average Bonchev–Trinajstić information content (AvgIpc) is 2.26. The van der Waals surface area contributed by atoms with Crippen molar-refractivity contribution in [2.45, 2.75) is 38.0 Å². The Morgan fingerprint density at radius 3 is 2.56 bits per heavy atom. The van der Waals surface area contributed by atoms with E-state index < -0.39 is 0 Å². The van der Waals surface area contributed by atoms with Crippen molar-refractivity contribution in [1.29, 1.82) is 0 Å². The summed E-state index contributed by atoms with van der Waals surface area (Å²) in [4.78, 5) is 13.5. The standard InChI is InChI=1S/C14H18OS/c1-3-4-8-14(11-12(2)15)16-13-9-6-5-7-10-13/h5-7,9-11H,3-4,8H2,1-2H3/b14-11-. The van der Waals surface area contributed by atoms with Crippen LogP contribution in [0.4, 0.5) is 0 Å². The Balaban J connectivity index is 2.67. The molecular formula is C14H18OS. The topological polar surface area (TPSA) is 17.1 Å². The van der Waals surface area contributed by atoms with Gasteiger partial charge in [-0.1, -0.05) is 43.3 Å². The second-order valence-corrected chi connectivity index (χ2v) is 4.94. The molecule has 2 heteroatoms. The molecule has 0 unspecified atom stereocenters. The van der Waals surface area contributed by atoms with E-state index in [2.05, 4.69) is 19.1 Å². The van der Waals surface area contributed by atoms with Gasteiger partial charge in [0.25, 0.3) is 0 Å². The molecule has 86 valence electrons. The van der Waals surface area contributed by atoms with Crippen LogP contribution in [0.15, 0.2) is 46.2 Å². The van der Waals surface area contributed by atoms with E-state index in [-0.39, 0.29) is 5.78 Å². The lowest BCUT2D eigenvalue weighted by Crippen LogP contribution is -1.87. The fraction of sp³-hybridized carbons (Fsp3) is 0.357. The van der Waals surface area contributed by atoms with Crippen molar-refractivity contribution in [2.24, 2.45) is 0 Å². The van der Waals surface area contributed by atoms with Crippen LogP contribution in [0.25, 0.3) is 0 Å². The van der Waals surface area contributed by atoms with Gasteiger partial charge in [-0.2, -0.15) is 0 Å². The van der Waals surface area contributed by atoms with Gasteiger partial charge in [-0.25, -0.2) is 0 Å². The zero-order valence-corrected chi connectivity index (χ0v) is 10.7. The van der Waals surface area contributed by atoms with Crippen molar-refractivity contribution in [3.63, 3.8) is 0 Å². The highest BCUT2D eigenvalue weighted by Gasteiger charge is 2.01. The lowest BCUT2D eigenvalue weighted by Gasteiger charge is -2.05. The predicted octanol–water partition coefficient (Wildman–Crippen LogP) is 4.44. The zero-order chi connectivity index (χ0) is 11.8. The molecule has 0 heterocycles. The predicted molar refractivity (Wildman–Crippen MR) is 70.6 cm³/mol. The minimum absolute atomic E-state index is 0.134. The molecule has 0 amide bonds. The monoisotopic (exact) mass is 234 g/mol. The average molecular weight is 234 g/mol. The third-order valence-electron chi connectivity index (χ3n) is 2.13. The van der Waals surface area contributed by atoms with Gasteiger partial charge in [0.05, 0.1) is 0 Å². The summed E-state index contributed by atoms with van der Waals surface area (Å²) in [6.07, 6.45) is 5.05. The Bertz CT molecular complexity index is 354. The Morgan fingerprint density at radius 2 is 2.00 bits per heavy atom. The van der Waals surface area contributed by atoms with Crippen molar-refractivity contribution >= 4 is 17.5 Å². The van der Waals surface area contributed by atoms with E-state index in [9.17, 15) is 4.79 Å². The Labute approximate surface area is 102 Å². The largest absolute Gasteiger partial charge is 0.295 e. The van der Waals surface area contributed by atoms with Crippen molar-refractivity contribution in [3.05, 3.63) is 41.3 Å². The summed E-state index contributed by atoms with van der Waals surface area (Å²) >= 11 is 1.70. The Morgan fingerprint density at radius 1 is 1.31 bits per heavy atom. The van der Waals surface area contributed by atoms with E-state index >= 15 is 0 Å². The minimum atomic E-state index is 0.134. The lowest BCUT2D eigenvalue weighted by atomic mass is 10.2. The Kier molecular flexibility index (Phi) is 5.94. The van der Waals surface area contributed by atoms with E-state index in [1.807, 2.05) is 18.2 Å². The van der Waals surface area contributed by atoms with Crippen molar-refractivity contribution < 1.29 is 4.79 Å². The quantitative estimate of drug-likeness (QED) is 0.534. The van der Waals surface area contributed by atoms with E-state index in [1.54, 1.807) is 24.8 Å². The molecule has 0 atom stereocenters. The minimum Gasteiger partial charge on any atom is -0.295 e. The van der Waals surface area contributed by atoms with Crippen LogP contribution in [0, 0.1) is 0 Å². The maximum absolute atomic E-state index is 11.1. The van der Waals surface area contributed by atoms with Crippen LogP contribution in [0.1, 0.15) is 33.1 Å². The van der Waals surface area contributed by atoms with Gasteiger partial charge in [-0.05, 0) is 42.9 Å². The molecule has 16 heavy (non-hydrogen) atoms. The molecule has 1 aromatic rings. The van der Waals surface area contributed by atoms with E-state index in [1.165, 1.54) is 9.80 Å². The first-order chi connectivity index (χ1) is 7.72. The van der Waals surface area contributed by atoms with Crippen LogP contribution < -0.4 is 0 Å². The van der Waals surface area contributed by atoms with Gasteiger partial charge >= 0.3 is 0 Å². The summed E-state index contributed by atoms with van der Waals surface area (Å²) in [5, 5.41) is 0. The van der Waals surface area contributed by atoms with Gasteiger partial charge in [-0.15, -0.1) is 0 Å². The number of thioether (sulfide) groups is 1. The highest BCUT2D eigenvalue weighted by Crippen LogP contribution is 2.29. The first kappa shape index (κ1) is 13.0. The maximum atomic E-state index is 11.1. The summed E-state index contributed by atoms with van der Waals surface area (Å²) in [7, 11) is 0. The van der Waals surface area contributed by atoms with Gasteiger partial charge in [0.15, 0.2) is 5.78 Å². The second kappa shape index (κ2) is 7.29. The first-order valence-corrected chi connectivity index (χ1v) is 6.48. The molecule has 0 N–H and O–H groups in total. The molecule has 0 saturated heterocycles. The first-order valence-electron chi connectivity index (χ1n) is 5.66. The molecule has 0 aliphatic carbocycles. The molecule has 1 aromatic carbocycles. The molecule has 0 saturated carbocycles. The summed E-state index contributed by atoms with van der Waals surface area (Å²) in [5.74, 6) is 0.134. The normalized spacial score (nSPS) is 11.5. The van der Waals surface area contributed by atoms with Gasteiger partial charge in [-0.3, -0.25) is 4.79 Å². The molecule has 0 spiro atoms. The van der Waals surface area contributed by atoms with Gasteiger partial charge in [0.2, 0.25) is 0 Å². The van der Waals surface area contributed by atoms with E-state index in [0.29, 0.717) is 0 Å². The third-order valence-corrected chi connectivity index (χ3v) is 3.23. The highest BCUT2D eigenvalue weighted by molar-refractivity contribution is 8.03. The van der Waals surface area contributed by atoms with Crippen molar-refractivity contribution in [2.75, 3.05) is 0 Å². The van der Waals surface area contributed by atoms with Crippen LogP contribution in [0.2, 0.25) is 0 Å². The van der Waals surface area contributed by atoms with Crippen molar-refractivity contribution in [3.8, 4) is 0 Å². The van der Waals surface area contributed by atoms with Crippen LogP contribution >= 0.6 is 11.8 Å².